The first-order valence-electron chi connectivity index (χ1n) is 8.73. The summed E-state index contributed by atoms with van der Waals surface area (Å²) in [5, 5.41) is 5.10. The van der Waals surface area contributed by atoms with Gasteiger partial charge < -0.3 is 15.4 Å². The Labute approximate surface area is 166 Å². The summed E-state index contributed by atoms with van der Waals surface area (Å²) in [5.74, 6) is -4.43. The van der Waals surface area contributed by atoms with Crippen LogP contribution in [0.15, 0.2) is 53.4 Å². The molecule has 1 aromatic rings. The zero-order valence-corrected chi connectivity index (χ0v) is 16.0. The molecule has 2 aliphatic rings. The molecule has 0 fully saturated rings. The van der Waals surface area contributed by atoms with Gasteiger partial charge in [-0.15, -0.1) is 0 Å². The Morgan fingerprint density at radius 1 is 0.897 bits per heavy atom. The molecular weight excluding hydrogens is 376 g/mol. The predicted molar refractivity (Wildman–Crippen MR) is 102 cm³/mol. The molecule has 29 heavy (non-hydrogen) atoms. The number of ether oxygens (including phenoxy) is 1. The molecule has 3 rings (SSSR count). The van der Waals surface area contributed by atoms with E-state index in [1.54, 1.807) is 13.8 Å². The Hall–Kier alpha value is -3.81. The number of hydrogen-bond donors (Lipinski definition) is 2. The van der Waals surface area contributed by atoms with E-state index in [-0.39, 0.29) is 16.7 Å². The number of esters is 1. The third-order valence-electron chi connectivity index (χ3n) is 4.53. The van der Waals surface area contributed by atoms with Crippen molar-refractivity contribution in [2.75, 3.05) is 7.11 Å². The van der Waals surface area contributed by atoms with E-state index in [2.05, 4.69) is 15.4 Å². The smallest absolute Gasteiger partial charge is 0.337 e. The number of ketones is 2. The minimum atomic E-state index is -1.38. The van der Waals surface area contributed by atoms with Crippen LogP contribution in [0.5, 0.6) is 0 Å². The van der Waals surface area contributed by atoms with Gasteiger partial charge in [0.25, 0.3) is 5.91 Å². The molecule has 0 aromatic heterocycles. The van der Waals surface area contributed by atoms with Gasteiger partial charge in [0.05, 0.1) is 18.2 Å². The Balaban J connectivity index is 2.23. The van der Waals surface area contributed by atoms with Crippen molar-refractivity contribution in [3.8, 4) is 0 Å². The van der Waals surface area contributed by atoms with Gasteiger partial charge >= 0.3 is 5.97 Å². The number of amides is 2. The molecule has 2 aliphatic heterocycles. The summed E-state index contributed by atoms with van der Waals surface area (Å²) >= 11 is 0. The van der Waals surface area contributed by atoms with Crippen LogP contribution in [0.3, 0.4) is 0 Å². The predicted octanol–water partition coefficient (Wildman–Crippen LogP) is 1.05. The van der Waals surface area contributed by atoms with Gasteiger partial charge in [-0.3, -0.25) is 19.2 Å². The van der Waals surface area contributed by atoms with Gasteiger partial charge in [0, 0.05) is 23.5 Å². The number of hydrogen-bond acceptors (Lipinski definition) is 6. The number of nitrogens with one attached hydrogen (secondary N) is 2. The fraction of sp³-hybridized carbons (Fsp3) is 0.190. The molecule has 2 heterocycles. The van der Waals surface area contributed by atoms with Gasteiger partial charge in [-0.05, 0) is 37.1 Å². The van der Waals surface area contributed by atoms with Crippen LogP contribution in [0.1, 0.15) is 29.8 Å². The number of allylic oxidation sites excluding steroid dienone is 4. The summed E-state index contributed by atoms with van der Waals surface area (Å²) in [7, 11) is 1.24. The molecule has 0 saturated carbocycles. The van der Waals surface area contributed by atoms with E-state index in [9.17, 15) is 24.0 Å². The van der Waals surface area contributed by atoms with E-state index in [4.69, 9.17) is 0 Å². The summed E-state index contributed by atoms with van der Waals surface area (Å²) in [6.07, 6.45) is 2.48. The number of carbonyl (C=O) groups excluding carboxylic acids is 5. The molecule has 0 radical (unpaired) electrons. The van der Waals surface area contributed by atoms with Crippen molar-refractivity contribution in [1.82, 2.24) is 10.6 Å². The Morgan fingerprint density at radius 2 is 1.48 bits per heavy atom. The molecule has 2 N–H and O–H groups in total. The molecule has 0 aliphatic carbocycles. The molecule has 1 unspecified atom stereocenters. The summed E-state index contributed by atoms with van der Waals surface area (Å²) in [5.41, 5.74) is 0.967. The third-order valence-corrected chi connectivity index (χ3v) is 4.53. The van der Waals surface area contributed by atoms with Gasteiger partial charge in [-0.2, -0.15) is 0 Å². The topological polar surface area (TPSA) is 119 Å². The fourth-order valence-electron chi connectivity index (χ4n) is 3.27. The zero-order chi connectivity index (χ0) is 21.3. The highest BCUT2D eigenvalue weighted by Crippen LogP contribution is 2.33. The highest BCUT2D eigenvalue weighted by atomic mass is 16.5. The van der Waals surface area contributed by atoms with Gasteiger partial charge in [-0.25, -0.2) is 4.79 Å². The maximum atomic E-state index is 12.7. The number of rotatable bonds is 3. The molecule has 8 nitrogen and oxygen atoms in total. The summed E-state index contributed by atoms with van der Waals surface area (Å²) in [6, 6.07) is 5.79. The van der Waals surface area contributed by atoms with Crippen molar-refractivity contribution in [1.29, 1.82) is 0 Å². The quantitative estimate of drug-likeness (QED) is 0.342. The van der Waals surface area contributed by atoms with Crippen molar-refractivity contribution in [3.05, 3.63) is 64.5 Å². The van der Waals surface area contributed by atoms with E-state index in [0.717, 1.165) is 0 Å². The van der Waals surface area contributed by atoms with Crippen LogP contribution in [0.2, 0.25) is 0 Å². The van der Waals surface area contributed by atoms with Crippen molar-refractivity contribution in [3.63, 3.8) is 0 Å². The molecule has 8 heteroatoms. The van der Waals surface area contributed by atoms with E-state index >= 15 is 0 Å². The monoisotopic (exact) mass is 394 g/mol. The van der Waals surface area contributed by atoms with E-state index in [0.29, 0.717) is 17.0 Å². The number of benzene rings is 1. The Morgan fingerprint density at radius 3 is 2.03 bits per heavy atom. The van der Waals surface area contributed by atoms with Gasteiger partial charge in [0.15, 0.2) is 11.6 Å². The van der Waals surface area contributed by atoms with Crippen LogP contribution in [0.25, 0.3) is 5.57 Å². The minimum absolute atomic E-state index is 0.0149. The maximum Gasteiger partial charge on any atom is 0.337 e. The molecule has 1 aromatic carbocycles. The van der Waals surface area contributed by atoms with Gasteiger partial charge in [0.1, 0.15) is 5.92 Å². The van der Waals surface area contributed by atoms with E-state index in [1.807, 2.05) is 0 Å². The summed E-state index contributed by atoms with van der Waals surface area (Å²) in [4.78, 5) is 62.2. The van der Waals surface area contributed by atoms with Gasteiger partial charge in [-0.1, -0.05) is 12.1 Å². The van der Waals surface area contributed by atoms with E-state index < -0.39 is 35.3 Å². The first kappa shape index (κ1) is 19.9. The summed E-state index contributed by atoms with van der Waals surface area (Å²) < 4.78 is 4.66. The second-order valence-corrected chi connectivity index (χ2v) is 6.66. The lowest BCUT2D eigenvalue weighted by molar-refractivity contribution is -0.129. The van der Waals surface area contributed by atoms with Crippen LogP contribution in [-0.4, -0.2) is 36.5 Å². The van der Waals surface area contributed by atoms with Crippen molar-refractivity contribution < 1.29 is 28.7 Å². The molecule has 0 bridgehead atoms. The molecular formula is C21H18N2O6. The standard InChI is InChI=1S/C21H18N2O6/c1-10-8-14(24)17(19(26)22-10)16(18-15(25)9-11(2)23-20(18)27)12-4-6-13(7-5-12)21(28)29-3/h4-9,17H,1-3H3,(H,22,26)(H,23,27)/b18-16+. The second kappa shape index (κ2) is 7.67. The normalized spacial score (nSPS) is 21.0. The van der Waals surface area contributed by atoms with Crippen molar-refractivity contribution in [2.45, 2.75) is 13.8 Å². The minimum Gasteiger partial charge on any atom is -0.465 e. The first-order chi connectivity index (χ1) is 13.7. The average molecular weight is 394 g/mol. The zero-order valence-electron chi connectivity index (χ0n) is 16.0. The first-order valence-corrected chi connectivity index (χ1v) is 8.73. The maximum absolute atomic E-state index is 12.7. The van der Waals surface area contributed by atoms with Crippen molar-refractivity contribution in [2.24, 2.45) is 5.92 Å². The van der Waals surface area contributed by atoms with Crippen LogP contribution in [0.4, 0.5) is 0 Å². The lowest BCUT2D eigenvalue weighted by Gasteiger charge is -2.25. The largest absolute Gasteiger partial charge is 0.465 e. The van der Waals surface area contributed by atoms with Crippen molar-refractivity contribution >= 4 is 34.9 Å². The highest BCUT2D eigenvalue weighted by molar-refractivity contribution is 6.33. The lowest BCUT2D eigenvalue weighted by Crippen LogP contribution is -2.41. The highest BCUT2D eigenvalue weighted by Gasteiger charge is 2.39. The molecule has 0 spiro atoms. The average Bonchev–Trinajstić information content (AvgIpc) is 2.64. The fourth-order valence-corrected chi connectivity index (χ4v) is 3.27. The number of methoxy groups -OCH3 is 1. The molecule has 0 saturated heterocycles. The second-order valence-electron chi connectivity index (χ2n) is 6.66. The molecule has 1 atom stereocenters. The van der Waals surface area contributed by atoms with Crippen LogP contribution >= 0.6 is 0 Å². The van der Waals surface area contributed by atoms with Gasteiger partial charge in [0.2, 0.25) is 5.91 Å². The third kappa shape index (κ3) is 3.77. The van der Waals surface area contributed by atoms with Crippen LogP contribution in [0, 0.1) is 5.92 Å². The van der Waals surface area contributed by atoms with E-state index in [1.165, 1.54) is 43.5 Å². The number of carbonyl (C=O) groups is 5. The van der Waals surface area contributed by atoms with Crippen LogP contribution in [-0.2, 0) is 23.9 Å². The SMILES string of the molecule is COC(=O)c1ccc(/C(=C2/C(=O)C=C(C)NC2=O)C2C(=O)C=C(C)NC2=O)cc1. The Bertz CT molecular complexity index is 1040. The Kier molecular flexibility index (Phi) is 5.27. The lowest BCUT2D eigenvalue weighted by atomic mass is 9.81. The molecule has 2 amide bonds. The van der Waals surface area contributed by atoms with Crippen LogP contribution < -0.4 is 10.6 Å². The molecule has 148 valence electrons. The summed E-state index contributed by atoms with van der Waals surface area (Å²) in [6.45, 7) is 3.12.